The number of amides is 1. The number of anilines is 1. The van der Waals surface area contributed by atoms with Crippen molar-refractivity contribution in [1.29, 1.82) is 0 Å². The SMILES string of the molecule is O=C(COc1ccc(Br)cc1Br)Nc1nc(-c2ccc([N+](=O)[O-])cc2)cs1. The van der Waals surface area contributed by atoms with Crippen LogP contribution in [0.25, 0.3) is 11.3 Å². The van der Waals surface area contributed by atoms with Gasteiger partial charge in [0.15, 0.2) is 11.7 Å². The van der Waals surface area contributed by atoms with Gasteiger partial charge in [0.25, 0.3) is 11.6 Å². The maximum absolute atomic E-state index is 12.1. The largest absolute Gasteiger partial charge is 0.483 e. The van der Waals surface area contributed by atoms with Crippen molar-refractivity contribution in [2.75, 3.05) is 11.9 Å². The van der Waals surface area contributed by atoms with Crippen molar-refractivity contribution in [3.05, 3.63) is 66.9 Å². The van der Waals surface area contributed by atoms with Crippen LogP contribution < -0.4 is 10.1 Å². The lowest BCUT2D eigenvalue weighted by Gasteiger charge is -2.08. The summed E-state index contributed by atoms with van der Waals surface area (Å²) >= 11 is 7.98. The van der Waals surface area contributed by atoms with E-state index in [-0.39, 0.29) is 18.2 Å². The van der Waals surface area contributed by atoms with Crippen molar-refractivity contribution >= 4 is 59.9 Å². The van der Waals surface area contributed by atoms with E-state index in [0.29, 0.717) is 16.6 Å². The van der Waals surface area contributed by atoms with Gasteiger partial charge in [0.05, 0.1) is 15.1 Å². The van der Waals surface area contributed by atoms with Crippen molar-refractivity contribution in [1.82, 2.24) is 4.98 Å². The second-order valence-electron chi connectivity index (χ2n) is 5.25. The van der Waals surface area contributed by atoms with Gasteiger partial charge in [-0.15, -0.1) is 11.3 Å². The summed E-state index contributed by atoms with van der Waals surface area (Å²) in [4.78, 5) is 26.6. The number of carbonyl (C=O) groups excluding carboxylic acids is 1. The number of nitro benzene ring substituents is 1. The Balaban J connectivity index is 1.59. The summed E-state index contributed by atoms with van der Waals surface area (Å²) in [5, 5.41) is 15.6. The first kappa shape index (κ1) is 19.5. The molecule has 0 aliphatic heterocycles. The van der Waals surface area contributed by atoms with Gasteiger partial charge in [-0.1, -0.05) is 15.9 Å². The summed E-state index contributed by atoms with van der Waals surface area (Å²) in [5.74, 6) is 0.216. The molecule has 1 N–H and O–H groups in total. The third-order valence-corrected chi connectivity index (χ3v) is 5.25. The third-order valence-electron chi connectivity index (χ3n) is 3.38. The Morgan fingerprint density at radius 3 is 2.63 bits per heavy atom. The number of halogens is 2. The predicted octanol–water partition coefficient (Wildman–Crippen LogP) is 5.26. The minimum atomic E-state index is -0.458. The molecule has 1 amide bonds. The Bertz CT molecular complexity index is 992. The van der Waals surface area contributed by atoms with Crippen LogP contribution in [0.15, 0.2) is 56.8 Å². The number of nitrogens with zero attached hydrogens (tertiary/aromatic N) is 2. The molecular formula is C17H11Br2N3O4S. The Morgan fingerprint density at radius 2 is 1.96 bits per heavy atom. The van der Waals surface area contributed by atoms with Crippen LogP contribution in [0.2, 0.25) is 0 Å². The number of carbonyl (C=O) groups is 1. The standard InChI is InChI=1S/C17H11Br2N3O4S/c18-11-3-6-15(13(19)7-11)26-8-16(23)21-17-20-14(9-27-17)10-1-4-12(5-2-10)22(24)25/h1-7,9H,8H2,(H,20,21,23). The fourth-order valence-electron chi connectivity index (χ4n) is 2.11. The summed E-state index contributed by atoms with van der Waals surface area (Å²) in [6, 6.07) is 11.4. The third kappa shape index (κ3) is 5.12. The second-order valence-corrected chi connectivity index (χ2v) is 7.88. The lowest BCUT2D eigenvalue weighted by atomic mass is 10.1. The molecule has 0 spiro atoms. The number of rotatable bonds is 6. The normalized spacial score (nSPS) is 10.4. The second kappa shape index (κ2) is 8.59. The quantitative estimate of drug-likeness (QED) is 0.359. The van der Waals surface area contributed by atoms with Crippen LogP contribution in [0.3, 0.4) is 0 Å². The number of benzene rings is 2. The number of hydrogen-bond donors (Lipinski definition) is 1. The van der Waals surface area contributed by atoms with Crippen LogP contribution >= 0.6 is 43.2 Å². The average Bonchev–Trinajstić information content (AvgIpc) is 3.09. The molecule has 2 aromatic carbocycles. The number of nitro groups is 1. The summed E-state index contributed by atoms with van der Waals surface area (Å²) < 4.78 is 7.12. The van der Waals surface area contributed by atoms with Gasteiger partial charge in [-0.25, -0.2) is 4.98 Å². The van der Waals surface area contributed by atoms with Crippen molar-refractivity contribution in [3.63, 3.8) is 0 Å². The molecule has 1 aromatic heterocycles. The van der Waals surface area contributed by atoms with Gasteiger partial charge in [0.1, 0.15) is 5.75 Å². The summed E-state index contributed by atoms with van der Waals surface area (Å²) in [6.45, 7) is -0.160. The van der Waals surface area contributed by atoms with E-state index in [0.717, 1.165) is 14.5 Å². The van der Waals surface area contributed by atoms with Crippen LogP contribution in [0.4, 0.5) is 10.8 Å². The topological polar surface area (TPSA) is 94.4 Å². The molecule has 0 bridgehead atoms. The molecule has 0 unspecified atom stereocenters. The zero-order chi connectivity index (χ0) is 19.4. The summed E-state index contributed by atoms with van der Waals surface area (Å²) in [5.41, 5.74) is 1.37. The van der Waals surface area contributed by atoms with Crippen molar-refractivity contribution in [2.24, 2.45) is 0 Å². The predicted molar refractivity (Wildman–Crippen MR) is 110 cm³/mol. The minimum absolute atomic E-state index is 0.0127. The van der Waals surface area contributed by atoms with E-state index >= 15 is 0 Å². The van der Waals surface area contributed by atoms with Crippen LogP contribution in [0.1, 0.15) is 0 Å². The molecule has 0 aliphatic rings. The van der Waals surface area contributed by atoms with Gasteiger partial charge in [-0.05, 0) is 46.3 Å². The molecule has 0 radical (unpaired) electrons. The summed E-state index contributed by atoms with van der Waals surface area (Å²) in [7, 11) is 0. The van der Waals surface area contributed by atoms with Gasteiger partial charge < -0.3 is 4.74 Å². The van der Waals surface area contributed by atoms with Crippen LogP contribution in [-0.2, 0) is 4.79 Å². The number of thiazole rings is 1. The van der Waals surface area contributed by atoms with Gasteiger partial charge in [0, 0.05) is 27.5 Å². The van der Waals surface area contributed by atoms with E-state index in [9.17, 15) is 14.9 Å². The van der Waals surface area contributed by atoms with E-state index in [4.69, 9.17) is 4.74 Å². The molecule has 3 rings (SSSR count). The lowest BCUT2D eigenvalue weighted by Crippen LogP contribution is -2.20. The number of aromatic nitrogens is 1. The van der Waals surface area contributed by atoms with Crippen molar-refractivity contribution < 1.29 is 14.5 Å². The van der Waals surface area contributed by atoms with E-state index in [1.54, 1.807) is 23.6 Å². The minimum Gasteiger partial charge on any atom is -0.483 e. The van der Waals surface area contributed by atoms with Crippen molar-refractivity contribution in [3.8, 4) is 17.0 Å². The van der Waals surface area contributed by atoms with Crippen LogP contribution in [0.5, 0.6) is 5.75 Å². The molecule has 0 atom stereocenters. The Morgan fingerprint density at radius 1 is 1.22 bits per heavy atom. The fraction of sp³-hybridized carbons (Fsp3) is 0.0588. The molecule has 0 saturated heterocycles. The zero-order valence-corrected chi connectivity index (χ0v) is 17.5. The van der Waals surface area contributed by atoms with Gasteiger partial charge in [-0.3, -0.25) is 20.2 Å². The lowest BCUT2D eigenvalue weighted by molar-refractivity contribution is -0.384. The number of ether oxygens (including phenoxy) is 1. The number of hydrogen-bond acceptors (Lipinski definition) is 6. The summed E-state index contributed by atoms with van der Waals surface area (Å²) in [6.07, 6.45) is 0. The number of non-ortho nitro benzene ring substituents is 1. The zero-order valence-electron chi connectivity index (χ0n) is 13.5. The monoisotopic (exact) mass is 511 g/mol. The molecule has 0 saturated carbocycles. The average molecular weight is 513 g/mol. The first-order chi connectivity index (χ1) is 12.9. The first-order valence-corrected chi connectivity index (χ1v) is 9.97. The van der Waals surface area contributed by atoms with E-state index in [1.807, 2.05) is 12.1 Å². The Labute approximate surface area is 174 Å². The molecule has 27 heavy (non-hydrogen) atoms. The van der Waals surface area contributed by atoms with Crippen LogP contribution in [0, 0.1) is 10.1 Å². The van der Waals surface area contributed by atoms with Crippen LogP contribution in [-0.4, -0.2) is 22.4 Å². The molecular weight excluding hydrogens is 502 g/mol. The molecule has 7 nitrogen and oxygen atoms in total. The smallest absolute Gasteiger partial charge is 0.269 e. The molecule has 3 aromatic rings. The first-order valence-electron chi connectivity index (χ1n) is 7.50. The van der Waals surface area contributed by atoms with E-state index in [1.165, 1.54) is 23.5 Å². The van der Waals surface area contributed by atoms with Gasteiger partial charge >= 0.3 is 0 Å². The Hall–Kier alpha value is -2.30. The maximum Gasteiger partial charge on any atom is 0.269 e. The Kier molecular flexibility index (Phi) is 6.19. The highest BCUT2D eigenvalue weighted by Gasteiger charge is 2.11. The molecule has 0 aliphatic carbocycles. The molecule has 0 fully saturated rings. The number of nitrogens with one attached hydrogen (secondary N) is 1. The highest BCUT2D eigenvalue weighted by molar-refractivity contribution is 9.11. The van der Waals surface area contributed by atoms with Gasteiger partial charge in [-0.2, -0.15) is 0 Å². The van der Waals surface area contributed by atoms with E-state index in [2.05, 4.69) is 42.2 Å². The molecule has 1 heterocycles. The van der Waals surface area contributed by atoms with Gasteiger partial charge in [0.2, 0.25) is 0 Å². The highest BCUT2D eigenvalue weighted by Crippen LogP contribution is 2.29. The fourth-order valence-corrected chi connectivity index (χ4v) is 4.01. The van der Waals surface area contributed by atoms with E-state index < -0.39 is 4.92 Å². The maximum atomic E-state index is 12.1. The molecule has 10 heteroatoms. The molecule has 138 valence electrons. The van der Waals surface area contributed by atoms with Crippen molar-refractivity contribution in [2.45, 2.75) is 0 Å². The highest BCUT2D eigenvalue weighted by atomic mass is 79.9.